The first kappa shape index (κ1) is 12.3. The molecule has 2 heteroatoms. The molecule has 1 aromatic rings. The Balaban J connectivity index is 2.55. The van der Waals surface area contributed by atoms with Gasteiger partial charge in [-0.1, -0.05) is 23.8 Å². The number of hydrogen-bond acceptors (Lipinski definition) is 2. The Hall–Kier alpha value is -0.730. The molecule has 1 rings (SSSR count). The molecule has 0 heterocycles. The first-order valence-electron chi connectivity index (χ1n) is 5.13. The van der Waals surface area contributed by atoms with Crippen molar-refractivity contribution in [3.8, 4) is 0 Å². The van der Waals surface area contributed by atoms with Crippen molar-refractivity contribution in [3.05, 3.63) is 41.5 Å². The van der Waals surface area contributed by atoms with E-state index in [9.17, 15) is 5.11 Å². The first-order chi connectivity index (χ1) is 7.11. The molecule has 1 N–H and O–H groups in total. The van der Waals surface area contributed by atoms with Crippen LogP contribution in [0.3, 0.4) is 0 Å². The van der Waals surface area contributed by atoms with Gasteiger partial charge in [0, 0.05) is 10.6 Å². The average molecular weight is 222 g/mol. The summed E-state index contributed by atoms with van der Waals surface area (Å²) in [5.74, 6) is 0.945. The summed E-state index contributed by atoms with van der Waals surface area (Å²) < 4.78 is 0. The van der Waals surface area contributed by atoms with E-state index in [0.29, 0.717) is 0 Å². The van der Waals surface area contributed by atoms with Crippen LogP contribution in [0.5, 0.6) is 0 Å². The molecule has 15 heavy (non-hydrogen) atoms. The number of benzene rings is 1. The van der Waals surface area contributed by atoms with Crippen LogP contribution in [0, 0.1) is 0 Å². The lowest BCUT2D eigenvalue weighted by atomic mass is 10.1. The van der Waals surface area contributed by atoms with Crippen LogP contribution < -0.4 is 0 Å². The molecule has 0 saturated carbocycles. The van der Waals surface area contributed by atoms with E-state index in [1.165, 1.54) is 10.5 Å². The van der Waals surface area contributed by atoms with Crippen molar-refractivity contribution < 1.29 is 5.11 Å². The third-order valence-electron chi connectivity index (χ3n) is 2.50. The minimum atomic E-state index is -0.332. The highest BCUT2D eigenvalue weighted by atomic mass is 32.2. The molecule has 0 aliphatic heterocycles. The van der Waals surface area contributed by atoms with Crippen molar-refractivity contribution in [1.82, 2.24) is 0 Å². The number of hydrogen-bond donors (Lipinski definition) is 1. The fraction of sp³-hybridized carbons (Fsp3) is 0.385. The molecule has 0 aliphatic carbocycles. The summed E-state index contributed by atoms with van der Waals surface area (Å²) in [6, 6.07) is 10.3. The number of rotatable bonds is 4. The fourth-order valence-electron chi connectivity index (χ4n) is 1.18. The van der Waals surface area contributed by atoms with Gasteiger partial charge in [-0.25, -0.2) is 0 Å². The van der Waals surface area contributed by atoms with Crippen LogP contribution in [-0.4, -0.2) is 17.0 Å². The molecule has 1 atom stereocenters. The zero-order valence-corrected chi connectivity index (χ0v) is 10.3. The van der Waals surface area contributed by atoms with Gasteiger partial charge in [0.05, 0.1) is 6.10 Å². The Kier molecular flexibility index (Phi) is 4.92. The van der Waals surface area contributed by atoms with E-state index in [0.717, 1.165) is 11.3 Å². The lowest BCUT2D eigenvalue weighted by Crippen LogP contribution is -2.04. The minimum absolute atomic E-state index is 0.332. The number of aliphatic hydroxyl groups excluding tert-OH is 1. The van der Waals surface area contributed by atoms with Crippen LogP contribution in [0.4, 0.5) is 0 Å². The zero-order valence-electron chi connectivity index (χ0n) is 9.53. The summed E-state index contributed by atoms with van der Waals surface area (Å²) in [4.78, 5) is 1.27. The highest BCUT2D eigenvalue weighted by Crippen LogP contribution is 2.21. The van der Waals surface area contributed by atoms with Crippen LogP contribution in [0.25, 0.3) is 0 Å². The molecule has 0 fully saturated rings. The molecule has 82 valence electrons. The van der Waals surface area contributed by atoms with Gasteiger partial charge in [-0.05, 0) is 38.5 Å². The lowest BCUT2D eigenvalue weighted by Gasteiger charge is -2.10. The van der Waals surface area contributed by atoms with E-state index >= 15 is 0 Å². The quantitative estimate of drug-likeness (QED) is 0.621. The second-order valence-electron chi connectivity index (χ2n) is 3.74. The van der Waals surface area contributed by atoms with Crippen LogP contribution in [0.15, 0.2) is 46.4 Å². The lowest BCUT2D eigenvalue weighted by molar-refractivity contribution is 0.230. The van der Waals surface area contributed by atoms with Crippen LogP contribution >= 0.6 is 11.8 Å². The summed E-state index contributed by atoms with van der Waals surface area (Å²) >= 11 is 1.81. The van der Waals surface area contributed by atoms with Gasteiger partial charge in [0.25, 0.3) is 0 Å². The Morgan fingerprint density at radius 2 is 1.87 bits per heavy atom. The maximum Gasteiger partial charge on any atom is 0.0722 e. The Morgan fingerprint density at radius 3 is 2.40 bits per heavy atom. The Labute approximate surface area is 96.2 Å². The molecule has 0 aromatic heterocycles. The van der Waals surface area contributed by atoms with E-state index in [1.807, 2.05) is 32.0 Å². The number of thioether (sulfide) groups is 1. The number of aliphatic hydroxyl groups is 1. The molecular formula is C13H18OS. The molecule has 0 spiro atoms. The van der Waals surface area contributed by atoms with Gasteiger partial charge in [0.2, 0.25) is 0 Å². The van der Waals surface area contributed by atoms with Crippen molar-refractivity contribution in [2.24, 2.45) is 0 Å². The van der Waals surface area contributed by atoms with E-state index in [2.05, 4.69) is 19.1 Å². The van der Waals surface area contributed by atoms with Crippen LogP contribution in [0.1, 0.15) is 20.8 Å². The Morgan fingerprint density at radius 1 is 1.27 bits per heavy atom. The zero-order chi connectivity index (χ0) is 11.3. The van der Waals surface area contributed by atoms with Gasteiger partial charge < -0.3 is 5.11 Å². The average Bonchev–Trinajstić information content (AvgIpc) is 2.26. The summed E-state index contributed by atoms with van der Waals surface area (Å²) in [5, 5.41) is 9.42. The van der Waals surface area contributed by atoms with Crippen LogP contribution in [-0.2, 0) is 0 Å². The molecule has 1 aromatic carbocycles. The SMILES string of the molecule is C/C(CSc1ccccc1)=C(/C)C(C)O. The second-order valence-corrected chi connectivity index (χ2v) is 4.79. The molecule has 0 amide bonds. The summed E-state index contributed by atoms with van der Waals surface area (Å²) in [6.45, 7) is 5.88. The third-order valence-corrected chi connectivity index (χ3v) is 3.68. The van der Waals surface area contributed by atoms with Gasteiger partial charge in [0.1, 0.15) is 0 Å². The van der Waals surface area contributed by atoms with Crippen molar-refractivity contribution in [3.63, 3.8) is 0 Å². The Bertz CT molecular complexity index is 328. The monoisotopic (exact) mass is 222 g/mol. The van der Waals surface area contributed by atoms with Gasteiger partial charge >= 0.3 is 0 Å². The highest BCUT2D eigenvalue weighted by molar-refractivity contribution is 7.99. The predicted molar refractivity (Wildman–Crippen MR) is 67.2 cm³/mol. The fourth-order valence-corrected chi connectivity index (χ4v) is 2.14. The molecule has 1 unspecified atom stereocenters. The first-order valence-corrected chi connectivity index (χ1v) is 6.12. The molecule has 1 nitrogen and oxygen atoms in total. The topological polar surface area (TPSA) is 20.2 Å². The van der Waals surface area contributed by atoms with Gasteiger partial charge in [-0.15, -0.1) is 11.8 Å². The van der Waals surface area contributed by atoms with Crippen molar-refractivity contribution in [2.45, 2.75) is 31.8 Å². The van der Waals surface area contributed by atoms with E-state index in [4.69, 9.17) is 0 Å². The molecule has 0 radical (unpaired) electrons. The maximum atomic E-state index is 9.42. The van der Waals surface area contributed by atoms with Crippen molar-refractivity contribution in [2.75, 3.05) is 5.75 Å². The van der Waals surface area contributed by atoms with E-state index in [1.54, 1.807) is 11.8 Å². The summed E-state index contributed by atoms with van der Waals surface area (Å²) in [7, 11) is 0. The van der Waals surface area contributed by atoms with Crippen LogP contribution in [0.2, 0.25) is 0 Å². The third kappa shape index (κ3) is 4.10. The van der Waals surface area contributed by atoms with Gasteiger partial charge in [-0.2, -0.15) is 0 Å². The van der Waals surface area contributed by atoms with Gasteiger partial charge in [-0.3, -0.25) is 0 Å². The standard InChI is InChI=1S/C13H18OS/c1-10(11(2)12(3)14)9-15-13-7-5-4-6-8-13/h4-8,12,14H,9H2,1-3H3/b11-10+. The minimum Gasteiger partial charge on any atom is -0.389 e. The molecule has 0 aliphatic rings. The predicted octanol–water partition coefficient (Wildman–Crippen LogP) is 3.50. The van der Waals surface area contributed by atoms with Crippen molar-refractivity contribution >= 4 is 11.8 Å². The maximum absolute atomic E-state index is 9.42. The molecular weight excluding hydrogens is 204 g/mol. The summed E-state index contributed by atoms with van der Waals surface area (Å²) in [5.41, 5.74) is 2.34. The summed E-state index contributed by atoms with van der Waals surface area (Å²) in [6.07, 6.45) is -0.332. The largest absolute Gasteiger partial charge is 0.389 e. The second kappa shape index (κ2) is 5.99. The smallest absolute Gasteiger partial charge is 0.0722 e. The van der Waals surface area contributed by atoms with E-state index < -0.39 is 0 Å². The normalized spacial score (nSPS) is 14.7. The van der Waals surface area contributed by atoms with E-state index in [-0.39, 0.29) is 6.10 Å². The molecule has 0 bridgehead atoms. The molecule has 0 saturated heterocycles. The highest BCUT2D eigenvalue weighted by Gasteiger charge is 2.03. The van der Waals surface area contributed by atoms with Crippen molar-refractivity contribution in [1.29, 1.82) is 0 Å². The van der Waals surface area contributed by atoms with Gasteiger partial charge in [0.15, 0.2) is 0 Å².